The Hall–Kier alpha value is -2.87. The number of hydrogen-bond donors (Lipinski definition) is 2. The largest absolute Gasteiger partial charge is 0.324 e. The Balaban J connectivity index is 1.97. The molecule has 0 fully saturated rings. The summed E-state index contributed by atoms with van der Waals surface area (Å²) in [5.74, 6) is -0.305. The Morgan fingerprint density at radius 1 is 0.964 bits per heavy atom. The van der Waals surface area contributed by atoms with E-state index in [1.54, 1.807) is 0 Å². The molecule has 0 unspecified atom stereocenters. The normalized spacial score (nSPS) is 11.0. The predicted octanol–water partition coefficient (Wildman–Crippen LogP) is 3.12. The molecule has 0 saturated heterocycles. The minimum Gasteiger partial charge on any atom is -0.324 e. The summed E-state index contributed by atoms with van der Waals surface area (Å²) in [5, 5.41) is 5.48. The lowest BCUT2D eigenvalue weighted by Crippen LogP contribution is -2.37. The molecule has 0 spiro atoms. The average Bonchev–Trinajstić information content (AvgIpc) is 2.57. The zero-order chi connectivity index (χ0) is 21.1. The van der Waals surface area contributed by atoms with Crippen molar-refractivity contribution in [2.75, 3.05) is 30.5 Å². The van der Waals surface area contributed by atoms with E-state index in [-0.39, 0.29) is 17.3 Å². The fourth-order valence-corrected chi connectivity index (χ4v) is 3.48. The van der Waals surface area contributed by atoms with Gasteiger partial charge >= 0.3 is 6.03 Å². The van der Waals surface area contributed by atoms with Crippen molar-refractivity contribution in [1.29, 1.82) is 0 Å². The van der Waals surface area contributed by atoms with E-state index in [1.807, 2.05) is 32.9 Å². The lowest BCUT2D eigenvalue weighted by atomic mass is 10.1. The number of carbonyl (C=O) groups excluding carboxylic acids is 2. The van der Waals surface area contributed by atoms with Gasteiger partial charge in [-0.2, -0.15) is 0 Å². The summed E-state index contributed by atoms with van der Waals surface area (Å²) in [6.07, 6.45) is 1.12. The van der Waals surface area contributed by atoms with Crippen LogP contribution in [0.5, 0.6) is 0 Å². The molecule has 2 N–H and O–H groups in total. The van der Waals surface area contributed by atoms with Gasteiger partial charge in [0.2, 0.25) is 5.91 Å². The van der Waals surface area contributed by atoms with E-state index in [4.69, 9.17) is 0 Å². The highest BCUT2D eigenvalue weighted by molar-refractivity contribution is 7.90. The predicted molar refractivity (Wildman–Crippen MR) is 110 cm³/mol. The first-order chi connectivity index (χ1) is 13.0. The van der Waals surface area contributed by atoms with Gasteiger partial charge in [0.05, 0.1) is 4.90 Å². The zero-order valence-corrected chi connectivity index (χ0v) is 17.5. The second-order valence-electron chi connectivity index (χ2n) is 6.90. The first kappa shape index (κ1) is 21.4. The number of benzene rings is 2. The van der Waals surface area contributed by atoms with Gasteiger partial charge in [-0.25, -0.2) is 13.2 Å². The van der Waals surface area contributed by atoms with Gasteiger partial charge in [-0.05, 0) is 56.2 Å². The van der Waals surface area contributed by atoms with E-state index in [9.17, 15) is 18.0 Å². The summed E-state index contributed by atoms with van der Waals surface area (Å²) in [7, 11) is -1.79. The zero-order valence-electron chi connectivity index (χ0n) is 16.7. The van der Waals surface area contributed by atoms with Crippen LogP contribution in [0.25, 0.3) is 0 Å². The summed E-state index contributed by atoms with van der Waals surface area (Å²) in [6.45, 7) is 5.71. The van der Waals surface area contributed by atoms with Crippen LogP contribution in [0, 0.1) is 20.8 Å². The molecule has 2 aromatic rings. The summed E-state index contributed by atoms with van der Waals surface area (Å²) in [5.41, 5.74) is 4.23. The molecule has 0 heterocycles. The van der Waals surface area contributed by atoms with Crippen LogP contribution >= 0.6 is 0 Å². The quantitative estimate of drug-likeness (QED) is 0.802. The van der Waals surface area contributed by atoms with Gasteiger partial charge in [0.1, 0.15) is 6.54 Å². The smallest absolute Gasteiger partial charge is 0.322 e. The number of nitrogens with one attached hydrogen (secondary N) is 2. The molecule has 0 aromatic heterocycles. The number of nitrogens with zero attached hydrogens (tertiary/aromatic N) is 1. The number of carbonyl (C=O) groups is 2. The number of urea groups is 1. The van der Waals surface area contributed by atoms with Crippen LogP contribution in [0.15, 0.2) is 41.3 Å². The SMILES string of the molecule is Cc1cc(C)c(NC(=O)CN(C)C(=O)Nc2ccc(S(C)(=O)=O)cc2)c(C)c1. The number of sulfone groups is 1. The van der Waals surface area contributed by atoms with Crippen LogP contribution in [0.1, 0.15) is 16.7 Å². The van der Waals surface area contributed by atoms with Crippen molar-refractivity contribution in [2.24, 2.45) is 0 Å². The Bertz CT molecular complexity index is 976. The molecule has 0 aliphatic heterocycles. The van der Waals surface area contributed by atoms with E-state index in [0.29, 0.717) is 5.69 Å². The number of hydrogen-bond acceptors (Lipinski definition) is 4. The molecule has 8 heteroatoms. The molecule has 0 atom stereocenters. The number of likely N-dealkylation sites (N-methyl/N-ethyl adjacent to an activating group) is 1. The molecule has 2 aromatic carbocycles. The first-order valence-corrected chi connectivity index (χ1v) is 10.6. The van der Waals surface area contributed by atoms with E-state index < -0.39 is 15.9 Å². The molecule has 0 aliphatic carbocycles. The molecule has 7 nitrogen and oxygen atoms in total. The maximum Gasteiger partial charge on any atom is 0.322 e. The Kier molecular flexibility index (Phi) is 6.45. The van der Waals surface area contributed by atoms with E-state index in [0.717, 1.165) is 28.6 Å². The minimum absolute atomic E-state index is 0.125. The monoisotopic (exact) mass is 403 g/mol. The van der Waals surface area contributed by atoms with E-state index in [1.165, 1.54) is 36.2 Å². The summed E-state index contributed by atoms with van der Waals surface area (Å²) >= 11 is 0. The molecule has 3 amide bonds. The van der Waals surface area contributed by atoms with Crippen LogP contribution in [0.3, 0.4) is 0 Å². The molecule has 0 aliphatic rings. The Labute approximate surface area is 165 Å². The summed E-state index contributed by atoms with van der Waals surface area (Å²) < 4.78 is 22.9. The van der Waals surface area contributed by atoms with Crippen molar-refractivity contribution in [1.82, 2.24) is 4.90 Å². The second kappa shape index (κ2) is 8.43. The molecule has 28 heavy (non-hydrogen) atoms. The highest BCUT2D eigenvalue weighted by Crippen LogP contribution is 2.22. The van der Waals surface area contributed by atoms with Crippen molar-refractivity contribution in [3.05, 3.63) is 53.1 Å². The van der Waals surface area contributed by atoms with Crippen LogP contribution in [0.4, 0.5) is 16.2 Å². The highest BCUT2D eigenvalue weighted by Gasteiger charge is 2.15. The third kappa shape index (κ3) is 5.56. The summed E-state index contributed by atoms with van der Waals surface area (Å²) in [4.78, 5) is 26.0. The standard InChI is InChI=1S/C20H25N3O4S/c1-13-10-14(2)19(15(3)11-13)22-18(24)12-23(4)20(25)21-16-6-8-17(9-7-16)28(5,26)27/h6-11H,12H2,1-5H3,(H,21,25)(H,22,24). The van der Waals surface area contributed by atoms with Crippen molar-refractivity contribution >= 4 is 33.2 Å². The fraction of sp³-hybridized carbons (Fsp3) is 0.300. The topological polar surface area (TPSA) is 95.6 Å². The van der Waals surface area contributed by atoms with Crippen molar-refractivity contribution < 1.29 is 18.0 Å². The number of aryl methyl sites for hydroxylation is 3. The second-order valence-corrected chi connectivity index (χ2v) is 8.92. The Morgan fingerprint density at radius 2 is 1.50 bits per heavy atom. The van der Waals surface area contributed by atoms with Crippen molar-refractivity contribution in [3.63, 3.8) is 0 Å². The minimum atomic E-state index is -3.30. The highest BCUT2D eigenvalue weighted by atomic mass is 32.2. The number of rotatable bonds is 5. The molecular weight excluding hydrogens is 378 g/mol. The Morgan fingerprint density at radius 3 is 2.00 bits per heavy atom. The fourth-order valence-electron chi connectivity index (χ4n) is 2.85. The van der Waals surface area contributed by atoms with Crippen LogP contribution in [0.2, 0.25) is 0 Å². The van der Waals surface area contributed by atoms with Gasteiger partial charge in [0.25, 0.3) is 0 Å². The molecule has 0 bridgehead atoms. The lowest BCUT2D eigenvalue weighted by Gasteiger charge is -2.19. The third-order valence-corrected chi connectivity index (χ3v) is 5.33. The van der Waals surface area contributed by atoms with Gasteiger partial charge in [-0.1, -0.05) is 17.7 Å². The van der Waals surface area contributed by atoms with Crippen LogP contribution in [-0.2, 0) is 14.6 Å². The molecular formula is C20H25N3O4S. The van der Waals surface area contributed by atoms with Gasteiger partial charge in [0, 0.05) is 24.7 Å². The van der Waals surface area contributed by atoms with Gasteiger partial charge in [-0.3, -0.25) is 4.79 Å². The average molecular weight is 404 g/mol. The van der Waals surface area contributed by atoms with E-state index in [2.05, 4.69) is 10.6 Å². The third-order valence-electron chi connectivity index (χ3n) is 4.20. The maximum absolute atomic E-state index is 12.3. The summed E-state index contributed by atoms with van der Waals surface area (Å²) in [6, 6.07) is 9.33. The lowest BCUT2D eigenvalue weighted by molar-refractivity contribution is -0.116. The van der Waals surface area contributed by atoms with Gasteiger partial charge < -0.3 is 15.5 Å². The molecule has 150 valence electrons. The van der Waals surface area contributed by atoms with Crippen molar-refractivity contribution in [3.8, 4) is 0 Å². The number of amides is 3. The first-order valence-electron chi connectivity index (χ1n) is 8.67. The molecule has 0 radical (unpaired) electrons. The van der Waals surface area contributed by atoms with E-state index >= 15 is 0 Å². The maximum atomic E-state index is 12.3. The van der Waals surface area contributed by atoms with Crippen LogP contribution < -0.4 is 10.6 Å². The molecule has 0 saturated carbocycles. The molecule has 2 rings (SSSR count). The number of anilines is 2. The van der Waals surface area contributed by atoms with Gasteiger partial charge in [-0.15, -0.1) is 0 Å². The van der Waals surface area contributed by atoms with Crippen molar-refractivity contribution in [2.45, 2.75) is 25.7 Å². The van der Waals surface area contributed by atoms with Gasteiger partial charge in [0.15, 0.2) is 9.84 Å². The van der Waals surface area contributed by atoms with Crippen LogP contribution in [-0.4, -0.2) is 45.1 Å².